The Morgan fingerprint density at radius 1 is 1.31 bits per heavy atom. The summed E-state index contributed by atoms with van der Waals surface area (Å²) in [6, 6.07) is 0. The fourth-order valence-electron chi connectivity index (χ4n) is 3.37. The first-order chi connectivity index (χ1) is 13.6. The Morgan fingerprint density at radius 3 is 2.69 bits per heavy atom. The maximum Gasteiger partial charge on any atom is 0.279 e. The van der Waals surface area contributed by atoms with E-state index in [2.05, 4.69) is 41.5 Å². The van der Waals surface area contributed by atoms with Crippen molar-refractivity contribution in [2.24, 2.45) is 0 Å². The molecular formula is C19H31N4O4PS. The van der Waals surface area contributed by atoms with Crippen LogP contribution in [0, 0.1) is 6.92 Å². The summed E-state index contributed by atoms with van der Waals surface area (Å²) in [5, 5.41) is 21.9. The van der Waals surface area contributed by atoms with Gasteiger partial charge in [0.1, 0.15) is 18.0 Å². The fourth-order valence-corrected chi connectivity index (χ4v) is 5.42. The molecule has 1 saturated heterocycles. The van der Waals surface area contributed by atoms with Gasteiger partial charge in [0.15, 0.2) is 22.5 Å². The molecule has 1 aliphatic rings. The summed E-state index contributed by atoms with van der Waals surface area (Å²) in [5.41, 5.74) is 0.261. The molecule has 3 N–H and O–H groups in total. The zero-order chi connectivity index (χ0) is 21.3. The molecule has 8 nitrogen and oxygen atoms in total. The quantitative estimate of drug-likeness (QED) is 0.326. The molecule has 10 heteroatoms. The van der Waals surface area contributed by atoms with Crippen molar-refractivity contribution in [1.29, 1.82) is 0 Å². The number of rotatable bonds is 8. The molecule has 4 atom stereocenters. The summed E-state index contributed by atoms with van der Waals surface area (Å²) < 4.78 is 7.78. The van der Waals surface area contributed by atoms with E-state index in [9.17, 15) is 15.0 Å². The largest absolute Gasteiger partial charge is 0.388 e. The van der Waals surface area contributed by atoms with Gasteiger partial charge in [0.05, 0.1) is 6.10 Å². The minimum atomic E-state index is -1.28. The number of imidazole rings is 1. The van der Waals surface area contributed by atoms with E-state index < -0.39 is 31.4 Å². The van der Waals surface area contributed by atoms with Crippen LogP contribution < -0.4 is 5.56 Å². The molecule has 0 radical (unpaired) electrons. The molecule has 0 aliphatic carbocycles. The van der Waals surface area contributed by atoms with Gasteiger partial charge in [-0.05, 0) is 39.3 Å². The molecule has 162 valence electrons. The number of aromatic nitrogens is 4. The highest BCUT2D eigenvalue weighted by atomic mass is 32.2. The standard InChI is InChI=1S/C19H31N4O4PS/c1-6-7-10-29-19-22-13-16(20-11(2)21-17(13)26)23(19)18-15(25)14(24)12(27-18)8-9-28(3,4)5/h12,14-15,18,24-25H,3,6-10H2,1-2,4-5H3,(H,20,21,26)/t12-,14-,15?,18?/m1/s1. The molecule has 0 amide bonds. The van der Waals surface area contributed by atoms with Crippen LogP contribution in [0.4, 0.5) is 0 Å². The van der Waals surface area contributed by atoms with E-state index in [4.69, 9.17) is 4.74 Å². The number of hydrogen-bond donors (Lipinski definition) is 3. The molecule has 29 heavy (non-hydrogen) atoms. The Hall–Kier alpha value is -1.12. The Bertz CT molecular complexity index is 969. The molecule has 0 saturated carbocycles. The molecule has 2 aromatic rings. The second-order valence-corrected chi connectivity index (χ2v) is 13.7. The summed E-state index contributed by atoms with van der Waals surface area (Å²) >= 11 is 1.50. The Labute approximate surface area is 175 Å². The number of nitrogens with zero attached hydrogens (tertiary/aromatic N) is 3. The van der Waals surface area contributed by atoms with Crippen molar-refractivity contribution in [2.75, 3.05) is 25.2 Å². The SMILES string of the molecule is C=P(C)(C)CC[C@H]1OC(n2c(SCCCC)nc3c(=O)[nH]c(C)nc32)C(O)[C@@H]1O. The topological polar surface area (TPSA) is 113 Å². The van der Waals surface area contributed by atoms with Crippen LogP contribution in [0.3, 0.4) is 0 Å². The first-order valence-electron chi connectivity index (χ1n) is 9.93. The van der Waals surface area contributed by atoms with Crippen LogP contribution in [0.5, 0.6) is 0 Å². The van der Waals surface area contributed by atoms with Crippen LogP contribution in [0.15, 0.2) is 9.95 Å². The van der Waals surface area contributed by atoms with E-state index in [1.54, 1.807) is 11.5 Å². The molecular weight excluding hydrogens is 411 g/mol. The van der Waals surface area contributed by atoms with Crippen molar-refractivity contribution >= 4 is 36.1 Å². The average molecular weight is 443 g/mol. The van der Waals surface area contributed by atoms with Crippen LogP contribution in [0.2, 0.25) is 0 Å². The minimum Gasteiger partial charge on any atom is -0.388 e. The molecule has 3 heterocycles. The third-order valence-corrected chi connectivity index (χ3v) is 7.48. The number of H-pyrrole nitrogens is 1. The first-order valence-corrected chi connectivity index (χ1v) is 14.0. The van der Waals surface area contributed by atoms with Gasteiger partial charge in [-0.2, -0.15) is 0 Å². The summed E-state index contributed by atoms with van der Waals surface area (Å²) in [6.45, 7) is 6.79. The second-order valence-electron chi connectivity index (χ2n) is 8.28. The third-order valence-electron chi connectivity index (χ3n) is 4.98. The molecule has 1 fully saturated rings. The summed E-state index contributed by atoms with van der Waals surface area (Å²) in [5.74, 6) is 1.29. The van der Waals surface area contributed by atoms with Crippen LogP contribution in [-0.2, 0) is 4.74 Å². The van der Waals surface area contributed by atoms with Gasteiger partial charge >= 0.3 is 0 Å². The number of aryl methyl sites for hydroxylation is 1. The van der Waals surface area contributed by atoms with Crippen molar-refractivity contribution in [3.05, 3.63) is 16.2 Å². The number of aromatic amines is 1. The average Bonchev–Trinajstić information content (AvgIpc) is 3.11. The van der Waals surface area contributed by atoms with E-state index in [0.29, 0.717) is 23.0 Å². The number of nitrogens with one attached hydrogen (secondary N) is 1. The van der Waals surface area contributed by atoms with Gasteiger partial charge in [0.25, 0.3) is 5.56 Å². The lowest BCUT2D eigenvalue weighted by Gasteiger charge is -2.20. The van der Waals surface area contributed by atoms with Gasteiger partial charge in [-0.25, -0.2) is 9.97 Å². The zero-order valence-electron chi connectivity index (χ0n) is 17.5. The second kappa shape index (κ2) is 8.94. The number of aliphatic hydroxyl groups excluding tert-OH is 2. The zero-order valence-corrected chi connectivity index (χ0v) is 19.2. The van der Waals surface area contributed by atoms with Crippen LogP contribution in [0.1, 0.15) is 38.2 Å². The van der Waals surface area contributed by atoms with Gasteiger partial charge in [-0.3, -0.25) is 9.36 Å². The molecule has 0 bridgehead atoms. The predicted octanol–water partition coefficient (Wildman–Crippen LogP) is 2.04. The highest BCUT2D eigenvalue weighted by Crippen LogP contribution is 2.41. The van der Waals surface area contributed by atoms with E-state index in [1.165, 1.54) is 11.8 Å². The lowest BCUT2D eigenvalue weighted by Crippen LogP contribution is -2.32. The maximum absolute atomic E-state index is 12.4. The Balaban J connectivity index is 1.99. The number of ether oxygens (including phenoxy) is 1. The van der Waals surface area contributed by atoms with Gasteiger partial charge in [-0.1, -0.05) is 25.1 Å². The number of aliphatic hydroxyl groups is 2. The molecule has 2 aromatic heterocycles. The van der Waals surface area contributed by atoms with Crippen LogP contribution >= 0.6 is 18.6 Å². The van der Waals surface area contributed by atoms with Crippen LogP contribution in [0.25, 0.3) is 11.2 Å². The minimum absolute atomic E-state index is 0.216. The van der Waals surface area contributed by atoms with Crippen molar-refractivity contribution in [3.63, 3.8) is 0 Å². The number of fused-ring (bicyclic) bond motifs is 1. The van der Waals surface area contributed by atoms with Gasteiger partial charge in [0, 0.05) is 5.75 Å². The molecule has 1 aliphatic heterocycles. The number of thioether (sulfide) groups is 1. The maximum atomic E-state index is 12.4. The van der Waals surface area contributed by atoms with Crippen molar-refractivity contribution in [3.8, 4) is 0 Å². The third kappa shape index (κ3) is 4.97. The normalized spacial score (nSPS) is 25.2. The Morgan fingerprint density at radius 2 is 2.03 bits per heavy atom. The van der Waals surface area contributed by atoms with Crippen LogP contribution in [-0.4, -0.2) is 79.6 Å². The number of unbranched alkanes of at least 4 members (excludes halogenated alkanes) is 1. The molecule has 0 spiro atoms. The fraction of sp³-hybridized carbons (Fsp3) is 0.684. The molecule has 3 rings (SSSR count). The van der Waals surface area contributed by atoms with Crippen molar-refractivity contribution < 1.29 is 14.9 Å². The van der Waals surface area contributed by atoms with E-state index in [-0.39, 0.29) is 11.1 Å². The molecule has 2 unspecified atom stereocenters. The smallest absolute Gasteiger partial charge is 0.279 e. The van der Waals surface area contributed by atoms with Gasteiger partial charge < -0.3 is 19.9 Å². The lowest BCUT2D eigenvalue weighted by atomic mass is 10.1. The summed E-state index contributed by atoms with van der Waals surface area (Å²) in [6.07, 6.45) is 4.24. The first kappa shape index (κ1) is 22.6. The predicted molar refractivity (Wildman–Crippen MR) is 120 cm³/mol. The van der Waals surface area contributed by atoms with Gasteiger partial charge in [0.2, 0.25) is 0 Å². The van der Waals surface area contributed by atoms with E-state index in [1.807, 2.05) is 0 Å². The van der Waals surface area contributed by atoms with Crippen molar-refractivity contribution in [1.82, 2.24) is 19.5 Å². The van der Waals surface area contributed by atoms with Crippen molar-refractivity contribution in [2.45, 2.75) is 62.8 Å². The molecule has 0 aromatic carbocycles. The van der Waals surface area contributed by atoms with Gasteiger partial charge in [-0.15, -0.1) is 13.2 Å². The highest BCUT2D eigenvalue weighted by molar-refractivity contribution is 7.99. The Kier molecular flexibility index (Phi) is 6.95. The summed E-state index contributed by atoms with van der Waals surface area (Å²) in [4.78, 5) is 24.0. The number of hydrogen-bond acceptors (Lipinski definition) is 7. The lowest BCUT2D eigenvalue weighted by molar-refractivity contribution is -0.0400. The highest BCUT2D eigenvalue weighted by Gasteiger charge is 2.45. The monoisotopic (exact) mass is 442 g/mol. The van der Waals surface area contributed by atoms with E-state index in [0.717, 1.165) is 24.8 Å². The summed E-state index contributed by atoms with van der Waals surface area (Å²) in [7, 11) is 0. The van der Waals surface area contributed by atoms with E-state index >= 15 is 0 Å².